The highest BCUT2D eigenvalue weighted by Gasteiger charge is 2.57. The van der Waals surface area contributed by atoms with Crippen molar-refractivity contribution in [1.82, 2.24) is 0 Å². The van der Waals surface area contributed by atoms with Gasteiger partial charge in [-0.15, -0.1) is 0 Å². The van der Waals surface area contributed by atoms with Crippen LogP contribution in [-0.2, 0) is 25.0 Å². The largest absolute Gasteiger partial charge is 0.484 e. The van der Waals surface area contributed by atoms with Crippen molar-refractivity contribution in [1.29, 1.82) is 0 Å². The molecule has 1 fully saturated rings. The first-order valence-corrected chi connectivity index (χ1v) is 14.7. The summed E-state index contributed by atoms with van der Waals surface area (Å²) in [6, 6.07) is 14.4. The third kappa shape index (κ3) is 4.82. The van der Waals surface area contributed by atoms with Crippen molar-refractivity contribution >= 4 is 52.1 Å². The number of rotatable bonds is 6. The lowest BCUT2D eigenvalue weighted by Gasteiger charge is -2.30. The lowest BCUT2D eigenvalue weighted by atomic mass is 9.94. The topological polar surface area (TPSA) is 108 Å². The van der Waals surface area contributed by atoms with Gasteiger partial charge < -0.3 is 17.8 Å². The summed E-state index contributed by atoms with van der Waals surface area (Å²) in [5.41, 5.74) is -0.116. The van der Waals surface area contributed by atoms with E-state index >= 15 is 0 Å². The predicted octanol–water partition coefficient (Wildman–Crippen LogP) is 5.36. The van der Waals surface area contributed by atoms with Gasteiger partial charge in [-0.25, -0.2) is 0 Å². The van der Waals surface area contributed by atoms with E-state index in [0.717, 1.165) is 0 Å². The van der Waals surface area contributed by atoms with Gasteiger partial charge in [-0.05, 0) is 68.4 Å². The molecular weight excluding hydrogens is 628 g/mol. The normalized spacial score (nSPS) is 20.2. The Labute approximate surface area is 219 Å². The summed E-state index contributed by atoms with van der Waals surface area (Å²) in [6.45, 7) is 3.70. The zero-order valence-electron chi connectivity index (χ0n) is 18.3. The van der Waals surface area contributed by atoms with Crippen molar-refractivity contribution in [2.75, 3.05) is 0 Å². The predicted molar refractivity (Wildman–Crippen MR) is 133 cm³/mol. The van der Waals surface area contributed by atoms with Gasteiger partial charge in [0.05, 0.1) is 0 Å². The number of benzene rings is 3. The highest BCUT2D eigenvalue weighted by Crippen LogP contribution is 2.56. The number of hydrogen-bond donors (Lipinski definition) is 0. The summed E-state index contributed by atoms with van der Waals surface area (Å²) >= 11 is 6.52. The quantitative estimate of drug-likeness (QED) is 0.261. The standard InChI is InChI=1S/C23H18Br2O8S2/c1-23(2)22-21(30-22)17-11-19(32-34(26,27)15-7-3-13(24)4-8-15)20(12-18(17)31-23)33-35(28,29)16-9-5-14(25)6-10-16/h3-12,21-22H,1-2H3/t21-,22-/m1/s1. The second-order valence-corrected chi connectivity index (χ2v) is 13.4. The molecule has 0 N–H and O–H groups in total. The van der Waals surface area contributed by atoms with Crippen LogP contribution in [0.15, 0.2) is 79.4 Å². The molecule has 2 aliphatic heterocycles. The van der Waals surface area contributed by atoms with Crippen molar-refractivity contribution in [2.45, 2.75) is 41.4 Å². The first kappa shape index (κ1) is 24.6. The Hall–Kier alpha value is -2.12. The van der Waals surface area contributed by atoms with Crippen molar-refractivity contribution < 1.29 is 34.7 Å². The van der Waals surface area contributed by atoms with Crippen LogP contribution < -0.4 is 13.1 Å². The second-order valence-electron chi connectivity index (χ2n) is 8.50. The van der Waals surface area contributed by atoms with Gasteiger partial charge in [0.25, 0.3) is 0 Å². The van der Waals surface area contributed by atoms with Gasteiger partial charge >= 0.3 is 20.2 Å². The Morgan fingerprint density at radius 2 is 1.23 bits per heavy atom. The molecule has 8 nitrogen and oxygen atoms in total. The minimum atomic E-state index is -4.33. The van der Waals surface area contributed by atoms with Crippen molar-refractivity contribution in [3.05, 3.63) is 75.2 Å². The van der Waals surface area contributed by atoms with E-state index in [1.807, 2.05) is 13.8 Å². The van der Waals surface area contributed by atoms with Gasteiger partial charge in [-0.1, -0.05) is 31.9 Å². The molecule has 2 heterocycles. The lowest BCUT2D eigenvalue weighted by Crippen LogP contribution is -2.37. The van der Waals surface area contributed by atoms with Crippen molar-refractivity contribution in [3.63, 3.8) is 0 Å². The van der Waals surface area contributed by atoms with Gasteiger partial charge in [0.2, 0.25) is 0 Å². The summed E-state index contributed by atoms with van der Waals surface area (Å²) in [7, 11) is -8.64. The van der Waals surface area contributed by atoms with E-state index < -0.39 is 25.8 Å². The molecule has 0 saturated carbocycles. The first-order chi connectivity index (χ1) is 16.4. The summed E-state index contributed by atoms with van der Waals surface area (Å²) < 4.78 is 75.9. The molecule has 0 radical (unpaired) electrons. The number of fused-ring (bicyclic) bond motifs is 3. The van der Waals surface area contributed by atoms with Crippen LogP contribution in [0.2, 0.25) is 0 Å². The molecule has 3 aromatic rings. The maximum atomic E-state index is 13.0. The molecule has 3 aromatic carbocycles. The Bertz CT molecular complexity index is 1520. The van der Waals surface area contributed by atoms with Gasteiger partial charge in [0, 0.05) is 20.6 Å². The fourth-order valence-electron chi connectivity index (χ4n) is 3.75. The average Bonchev–Trinajstić information content (AvgIpc) is 3.57. The minimum absolute atomic E-state index is 0.113. The molecule has 0 spiro atoms. The van der Waals surface area contributed by atoms with Gasteiger partial charge in [-0.2, -0.15) is 16.8 Å². The smallest absolute Gasteiger partial charge is 0.339 e. The van der Waals surface area contributed by atoms with E-state index in [4.69, 9.17) is 17.8 Å². The molecule has 0 bridgehead atoms. The average molecular weight is 646 g/mol. The molecule has 0 amide bonds. The number of ether oxygens (including phenoxy) is 2. The van der Waals surface area contributed by atoms with Crippen LogP contribution in [0.5, 0.6) is 17.2 Å². The number of epoxide rings is 1. The fourth-order valence-corrected chi connectivity index (χ4v) is 6.15. The molecular formula is C23H18Br2O8S2. The highest BCUT2D eigenvalue weighted by atomic mass is 79.9. The van der Waals surface area contributed by atoms with Crippen LogP contribution in [-0.4, -0.2) is 28.5 Å². The maximum absolute atomic E-state index is 13.0. The Morgan fingerprint density at radius 1 is 0.771 bits per heavy atom. The van der Waals surface area contributed by atoms with E-state index in [2.05, 4.69) is 31.9 Å². The Kier molecular flexibility index (Phi) is 5.95. The molecule has 12 heteroatoms. The molecule has 2 atom stereocenters. The van der Waals surface area contributed by atoms with Crippen LogP contribution in [0.1, 0.15) is 25.5 Å². The zero-order chi connectivity index (χ0) is 25.2. The van der Waals surface area contributed by atoms with Gasteiger partial charge in [-0.3, -0.25) is 0 Å². The molecule has 0 aliphatic carbocycles. The fraction of sp³-hybridized carbons (Fsp3) is 0.217. The summed E-state index contributed by atoms with van der Waals surface area (Å²) in [4.78, 5) is -0.231. The van der Waals surface area contributed by atoms with Crippen LogP contribution in [0.3, 0.4) is 0 Å². The first-order valence-electron chi connectivity index (χ1n) is 10.3. The highest BCUT2D eigenvalue weighted by molar-refractivity contribution is 9.10. The summed E-state index contributed by atoms with van der Waals surface area (Å²) in [5, 5.41) is 0. The van der Waals surface area contributed by atoms with E-state index in [-0.39, 0.29) is 33.5 Å². The van der Waals surface area contributed by atoms with Crippen LogP contribution >= 0.6 is 31.9 Å². The molecule has 0 aromatic heterocycles. The monoisotopic (exact) mass is 644 g/mol. The molecule has 0 unspecified atom stereocenters. The molecule has 35 heavy (non-hydrogen) atoms. The third-order valence-corrected chi connectivity index (χ3v) is 9.09. The summed E-state index contributed by atoms with van der Waals surface area (Å²) in [6.07, 6.45) is -0.548. The zero-order valence-corrected chi connectivity index (χ0v) is 23.1. The van der Waals surface area contributed by atoms with Gasteiger partial charge in [0.1, 0.15) is 33.3 Å². The molecule has 2 aliphatic rings. The molecule has 5 rings (SSSR count). The maximum Gasteiger partial charge on any atom is 0.339 e. The van der Waals surface area contributed by atoms with E-state index in [0.29, 0.717) is 20.3 Å². The molecule has 184 valence electrons. The minimum Gasteiger partial charge on any atom is -0.484 e. The van der Waals surface area contributed by atoms with Crippen molar-refractivity contribution in [2.24, 2.45) is 0 Å². The summed E-state index contributed by atoms with van der Waals surface area (Å²) in [5.74, 6) is -0.310. The lowest BCUT2D eigenvalue weighted by molar-refractivity contribution is 0.0723. The van der Waals surface area contributed by atoms with Crippen LogP contribution in [0.4, 0.5) is 0 Å². The van der Waals surface area contributed by atoms with E-state index in [9.17, 15) is 16.8 Å². The van der Waals surface area contributed by atoms with E-state index in [1.54, 1.807) is 24.3 Å². The van der Waals surface area contributed by atoms with Crippen LogP contribution in [0, 0.1) is 0 Å². The number of hydrogen-bond acceptors (Lipinski definition) is 8. The Balaban J connectivity index is 1.58. The number of halogens is 2. The van der Waals surface area contributed by atoms with Crippen molar-refractivity contribution in [3.8, 4) is 17.2 Å². The molecule has 1 saturated heterocycles. The second kappa shape index (κ2) is 8.48. The third-order valence-electron chi connectivity index (χ3n) is 5.54. The van der Waals surface area contributed by atoms with E-state index in [1.165, 1.54) is 36.4 Å². The van der Waals surface area contributed by atoms with Crippen LogP contribution in [0.25, 0.3) is 0 Å². The van der Waals surface area contributed by atoms with Gasteiger partial charge in [0.15, 0.2) is 11.5 Å². The Morgan fingerprint density at radius 3 is 1.71 bits per heavy atom. The SMILES string of the molecule is CC1(C)Oc2cc(OS(=O)(=O)c3ccc(Br)cc3)c(OS(=O)(=O)c3ccc(Br)cc3)cc2[C@H]2O[C@H]21.